The lowest BCUT2D eigenvalue weighted by atomic mass is 10.1. The van der Waals surface area contributed by atoms with Crippen LogP contribution in [0.3, 0.4) is 0 Å². The molecule has 0 bridgehead atoms. The summed E-state index contributed by atoms with van der Waals surface area (Å²) in [6.07, 6.45) is 3.45. The van der Waals surface area contributed by atoms with Crippen LogP contribution in [0.4, 0.5) is 17.2 Å². The van der Waals surface area contributed by atoms with Crippen LogP contribution >= 0.6 is 27.7 Å². The van der Waals surface area contributed by atoms with Gasteiger partial charge in [-0.3, -0.25) is 4.79 Å². The zero-order valence-corrected chi connectivity index (χ0v) is 24.2. The number of amides is 1. The van der Waals surface area contributed by atoms with E-state index in [0.29, 0.717) is 17.0 Å². The smallest absolute Gasteiger partial charge is 0.255 e. The van der Waals surface area contributed by atoms with E-state index in [2.05, 4.69) is 79.6 Å². The number of benzene rings is 3. The van der Waals surface area contributed by atoms with Crippen LogP contribution in [0.5, 0.6) is 0 Å². The minimum Gasteiger partial charge on any atom is -0.361 e. The molecule has 0 radical (unpaired) electrons. The highest BCUT2D eigenvalue weighted by molar-refractivity contribution is 9.10. The molecule has 7 nitrogen and oxygen atoms in total. The highest BCUT2D eigenvalue weighted by atomic mass is 79.9. The summed E-state index contributed by atoms with van der Waals surface area (Å²) >= 11 is 5.05. The molecule has 0 saturated heterocycles. The van der Waals surface area contributed by atoms with Gasteiger partial charge in [0.25, 0.3) is 5.91 Å². The average Bonchev–Trinajstić information content (AvgIpc) is 3.43. The van der Waals surface area contributed by atoms with Crippen molar-refractivity contribution in [3.8, 4) is 0 Å². The fourth-order valence-corrected chi connectivity index (χ4v) is 5.52. The van der Waals surface area contributed by atoms with Gasteiger partial charge in [-0.15, -0.1) is 0 Å². The van der Waals surface area contributed by atoms with E-state index in [-0.39, 0.29) is 11.8 Å². The standard InChI is InChI=1S/C31H25BrN6OS/c1-18(2)25-11-9-24-29(37-25)34-17-35-30(24)38-27-16-20(31(39)36-22-6-4-21(32)5-7-22)3-12-28(27)40-23-8-10-26-19(15-23)13-14-33-26/h3-18,33H,1-2H3,(H,36,39)(H,34,35,37,38). The molecule has 3 N–H and O–H groups in total. The van der Waals surface area contributed by atoms with E-state index < -0.39 is 0 Å². The SMILES string of the molecule is CC(C)c1ccc2c(Nc3cc(C(=O)Nc4ccc(Br)cc4)ccc3Sc3ccc4[nH]ccc4c3)ncnc2n1. The Labute approximate surface area is 244 Å². The van der Waals surface area contributed by atoms with E-state index in [9.17, 15) is 4.79 Å². The lowest BCUT2D eigenvalue weighted by molar-refractivity contribution is 0.102. The number of hydrogen-bond donors (Lipinski definition) is 3. The number of anilines is 3. The first-order chi connectivity index (χ1) is 19.4. The number of carbonyl (C=O) groups excluding carboxylic acids is 1. The number of carbonyl (C=O) groups is 1. The molecule has 0 unspecified atom stereocenters. The maximum Gasteiger partial charge on any atom is 0.255 e. The van der Waals surface area contributed by atoms with Gasteiger partial charge >= 0.3 is 0 Å². The van der Waals surface area contributed by atoms with Gasteiger partial charge in [-0.25, -0.2) is 15.0 Å². The van der Waals surface area contributed by atoms with Crippen molar-refractivity contribution in [1.82, 2.24) is 19.9 Å². The number of aromatic nitrogens is 4. The predicted molar refractivity (Wildman–Crippen MR) is 166 cm³/mol. The summed E-state index contributed by atoms with van der Waals surface area (Å²) < 4.78 is 0.947. The van der Waals surface area contributed by atoms with Crippen molar-refractivity contribution < 1.29 is 4.79 Å². The monoisotopic (exact) mass is 608 g/mol. The molecule has 0 aliphatic carbocycles. The number of fused-ring (bicyclic) bond motifs is 2. The van der Waals surface area contributed by atoms with Crippen molar-refractivity contribution in [2.24, 2.45) is 0 Å². The molecule has 3 aromatic carbocycles. The Kier molecular flexibility index (Phi) is 7.23. The van der Waals surface area contributed by atoms with Crippen LogP contribution in [0.1, 0.15) is 35.8 Å². The molecule has 40 heavy (non-hydrogen) atoms. The molecule has 0 spiro atoms. The summed E-state index contributed by atoms with van der Waals surface area (Å²) in [5.41, 5.74) is 4.68. The molecule has 0 aliphatic rings. The van der Waals surface area contributed by atoms with Gasteiger partial charge in [-0.2, -0.15) is 0 Å². The second-order valence-electron chi connectivity index (χ2n) is 9.61. The van der Waals surface area contributed by atoms with Gasteiger partial charge in [-0.1, -0.05) is 41.5 Å². The fraction of sp³-hybridized carbons (Fsp3) is 0.0968. The largest absolute Gasteiger partial charge is 0.361 e. The highest BCUT2D eigenvalue weighted by Gasteiger charge is 2.15. The van der Waals surface area contributed by atoms with Crippen molar-refractivity contribution in [2.45, 2.75) is 29.6 Å². The van der Waals surface area contributed by atoms with Gasteiger partial charge in [0.1, 0.15) is 12.1 Å². The molecular weight excluding hydrogens is 584 g/mol. The minimum atomic E-state index is -0.202. The molecule has 0 aliphatic heterocycles. The molecule has 0 atom stereocenters. The number of H-pyrrole nitrogens is 1. The van der Waals surface area contributed by atoms with E-state index in [0.717, 1.165) is 47.6 Å². The van der Waals surface area contributed by atoms with Crippen molar-refractivity contribution in [3.05, 3.63) is 107 Å². The van der Waals surface area contributed by atoms with Crippen LogP contribution in [-0.2, 0) is 0 Å². The number of nitrogens with one attached hydrogen (secondary N) is 3. The Morgan fingerprint density at radius 1 is 0.950 bits per heavy atom. The maximum atomic E-state index is 13.2. The van der Waals surface area contributed by atoms with Crippen molar-refractivity contribution in [2.75, 3.05) is 10.6 Å². The molecule has 198 valence electrons. The Morgan fingerprint density at radius 3 is 2.62 bits per heavy atom. The van der Waals surface area contributed by atoms with Crippen molar-refractivity contribution >= 4 is 72.7 Å². The number of pyridine rings is 1. The summed E-state index contributed by atoms with van der Waals surface area (Å²) in [5.74, 6) is 0.713. The normalized spacial score (nSPS) is 11.3. The minimum absolute atomic E-state index is 0.202. The molecule has 0 fully saturated rings. The third-order valence-electron chi connectivity index (χ3n) is 6.46. The van der Waals surface area contributed by atoms with Gasteiger partial charge in [0, 0.05) is 48.3 Å². The summed E-state index contributed by atoms with van der Waals surface area (Å²) in [4.78, 5) is 32.1. The number of aromatic amines is 1. The van der Waals surface area contributed by atoms with E-state index in [4.69, 9.17) is 4.98 Å². The van der Waals surface area contributed by atoms with Gasteiger partial charge in [0.15, 0.2) is 5.65 Å². The molecule has 1 amide bonds. The summed E-state index contributed by atoms with van der Waals surface area (Å²) in [6.45, 7) is 4.21. The Hall–Kier alpha value is -4.21. The maximum absolute atomic E-state index is 13.2. The number of halogens is 1. The predicted octanol–water partition coefficient (Wildman–Crippen LogP) is 8.54. The van der Waals surface area contributed by atoms with Crippen LogP contribution in [0.2, 0.25) is 0 Å². The van der Waals surface area contributed by atoms with Gasteiger partial charge < -0.3 is 15.6 Å². The Morgan fingerprint density at radius 2 is 1.80 bits per heavy atom. The van der Waals surface area contributed by atoms with Crippen LogP contribution in [0, 0.1) is 0 Å². The first-order valence-electron chi connectivity index (χ1n) is 12.8. The first kappa shape index (κ1) is 26.0. The Balaban J connectivity index is 1.37. The van der Waals surface area contributed by atoms with Crippen molar-refractivity contribution in [3.63, 3.8) is 0 Å². The van der Waals surface area contributed by atoms with E-state index in [1.165, 1.54) is 6.33 Å². The summed E-state index contributed by atoms with van der Waals surface area (Å²) in [7, 11) is 0. The number of nitrogens with zero attached hydrogens (tertiary/aromatic N) is 3. The highest BCUT2D eigenvalue weighted by Crippen LogP contribution is 2.37. The molecule has 6 aromatic rings. The third-order valence-corrected chi connectivity index (χ3v) is 8.05. The van der Waals surface area contributed by atoms with E-state index >= 15 is 0 Å². The van der Waals surface area contributed by atoms with Gasteiger partial charge in [0.2, 0.25) is 0 Å². The molecule has 6 rings (SSSR count). The number of hydrogen-bond acceptors (Lipinski definition) is 6. The van der Waals surface area contributed by atoms with Crippen LogP contribution in [-0.4, -0.2) is 25.8 Å². The topological polar surface area (TPSA) is 95.6 Å². The molecule has 3 aromatic heterocycles. The quantitative estimate of drug-likeness (QED) is 0.168. The summed E-state index contributed by atoms with van der Waals surface area (Å²) in [6, 6.07) is 25.5. The zero-order chi connectivity index (χ0) is 27.6. The Bertz CT molecular complexity index is 1850. The second kappa shape index (κ2) is 11.1. The van der Waals surface area contributed by atoms with Crippen LogP contribution < -0.4 is 10.6 Å². The molecule has 9 heteroatoms. The molecule has 0 saturated carbocycles. The molecular formula is C31H25BrN6OS. The van der Waals surface area contributed by atoms with E-state index in [1.807, 2.05) is 60.8 Å². The van der Waals surface area contributed by atoms with Gasteiger partial charge in [0.05, 0.1) is 11.1 Å². The molecule has 3 heterocycles. The average molecular weight is 610 g/mol. The van der Waals surface area contributed by atoms with E-state index in [1.54, 1.807) is 11.8 Å². The number of rotatable bonds is 7. The lowest BCUT2D eigenvalue weighted by Crippen LogP contribution is -2.12. The summed E-state index contributed by atoms with van der Waals surface area (Å²) in [5, 5.41) is 8.40. The first-order valence-corrected chi connectivity index (χ1v) is 14.4. The van der Waals surface area contributed by atoms with Crippen molar-refractivity contribution in [1.29, 1.82) is 0 Å². The zero-order valence-electron chi connectivity index (χ0n) is 21.8. The lowest BCUT2D eigenvalue weighted by Gasteiger charge is -2.15. The fourth-order valence-electron chi connectivity index (χ4n) is 4.32. The van der Waals surface area contributed by atoms with Gasteiger partial charge in [-0.05, 0) is 84.8 Å². The van der Waals surface area contributed by atoms with Crippen LogP contribution in [0.15, 0.2) is 106 Å². The second-order valence-corrected chi connectivity index (χ2v) is 11.6. The van der Waals surface area contributed by atoms with Crippen LogP contribution in [0.25, 0.3) is 21.9 Å². The third kappa shape index (κ3) is 5.57.